The molecule has 1 amide bonds. The molecule has 0 spiro atoms. The molecule has 0 saturated carbocycles. The van der Waals surface area contributed by atoms with Crippen molar-refractivity contribution in [3.05, 3.63) is 61.2 Å². The zero-order valence-electron chi connectivity index (χ0n) is 15.9. The maximum absolute atomic E-state index is 12.5. The molecule has 1 N–H and O–H groups in total. The minimum Gasteiger partial charge on any atom is -0.346 e. The summed E-state index contributed by atoms with van der Waals surface area (Å²) in [5.41, 5.74) is 3.51. The van der Waals surface area contributed by atoms with E-state index in [1.165, 1.54) is 11.7 Å². The van der Waals surface area contributed by atoms with Crippen LogP contribution in [0.3, 0.4) is 0 Å². The number of aromatic amines is 1. The lowest BCUT2D eigenvalue weighted by Gasteiger charge is -2.32. The molecule has 5 heterocycles. The fourth-order valence-electron chi connectivity index (χ4n) is 3.97. The first-order valence-electron chi connectivity index (χ1n) is 9.77. The number of carbonyl (C=O) groups is 1. The summed E-state index contributed by atoms with van der Waals surface area (Å²) in [7, 11) is 0. The number of fused-ring (bicyclic) bond motifs is 1. The molecule has 1 saturated heterocycles. The Hall–Kier alpha value is -3.55. The molecule has 8 nitrogen and oxygen atoms in total. The lowest BCUT2D eigenvalue weighted by atomic mass is 9.96. The molecule has 0 aliphatic carbocycles. The number of nitrogens with zero attached hydrogens (tertiary/aromatic N) is 6. The zero-order valence-corrected chi connectivity index (χ0v) is 15.9. The Balaban J connectivity index is 1.25. The summed E-state index contributed by atoms with van der Waals surface area (Å²) < 4.78 is 2.27. The smallest absolute Gasteiger partial charge is 0.272 e. The maximum Gasteiger partial charge on any atom is 0.272 e. The lowest BCUT2D eigenvalue weighted by molar-refractivity contribution is 0.0677. The summed E-state index contributed by atoms with van der Waals surface area (Å²) in [6, 6.07) is 5.90. The lowest BCUT2D eigenvalue weighted by Crippen LogP contribution is -2.39. The summed E-state index contributed by atoms with van der Waals surface area (Å²) in [6.45, 7) is 2.46. The number of carbonyl (C=O) groups excluding carboxylic acids is 1. The van der Waals surface area contributed by atoms with E-state index < -0.39 is 0 Å². The van der Waals surface area contributed by atoms with Gasteiger partial charge in [0.25, 0.3) is 5.91 Å². The largest absolute Gasteiger partial charge is 0.346 e. The Labute approximate surface area is 167 Å². The van der Waals surface area contributed by atoms with Crippen molar-refractivity contribution in [2.24, 2.45) is 5.92 Å². The van der Waals surface area contributed by atoms with Crippen LogP contribution in [0.25, 0.3) is 22.2 Å². The second-order valence-corrected chi connectivity index (χ2v) is 7.41. The summed E-state index contributed by atoms with van der Waals surface area (Å²) >= 11 is 0. The molecule has 1 aliphatic heterocycles. The normalized spacial score (nSPS) is 15.1. The predicted octanol–water partition coefficient (Wildman–Crippen LogP) is 2.77. The van der Waals surface area contributed by atoms with Gasteiger partial charge < -0.3 is 9.47 Å². The highest BCUT2D eigenvalue weighted by Gasteiger charge is 2.24. The van der Waals surface area contributed by atoms with Crippen molar-refractivity contribution in [2.75, 3.05) is 13.1 Å². The van der Waals surface area contributed by atoms with Crippen LogP contribution in [0.5, 0.6) is 0 Å². The molecule has 0 aromatic carbocycles. The molecule has 0 atom stereocenters. The van der Waals surface area contributed by atoms with E-state index in [0.717, 1.165) is 49.2 Å². The second-order valence-electron chi connectivity index (χ2n) is 7.41. The molecule has 0 radical (unpaired) electrons. The van der Waals surface area contributed by atoms with Gasteiger partial charge in [0, 0.05) is 49.2 Å². The van der Waals surface area contributed by atoms with Gasteiger partial charge in [0.15, 0.2) is 0 Å². The molecular formula is C21H21N7O. The molecule has 5 rings (SSSR count). The molecule has 8 heteroatoms. The van der Waals surface area contributed by atoms with Crippen LogP contribution in [0.1, 0.15) is 23.3 Å². The topological polar surface area (TPSA) is 92.6 Å². The van der Waals surface area contributed by atoms with Crippen molar-refractivity contribution in [1.82, 2.24) is 34.6 Å². The van der Waals surface area contributed by atoms with Gasteiger partial charge in [0.05, 0.1) is 23.6 Å². The summed E-state index contributed by atoms with van der Waals surface area (Å²) in [5.74, 6) is 0.529. The first-order valence-corrected chi connectivity index (χ1v) is 9.77. The Kier molecular flexibility index (Phi) is 4.51. The SMILES string of the molecule is O=C(c1ccncn1)N1CCC(Cn2ccc3cc(-c4cn[nH]c4)ncc32)CC1. The van der Waals surface area contributed by atoms with Gasteiger partial charge in [-0.3, -0.25) is 14.9 Å². The summed E-state index contributed by atoms with van der Waals surface area (Å²) in [6.07, 6.45) is 12.7. The van der Waals surface area contributed by atoms with Crippen molar-refractivity contribution >= 4 is 16.8 Å². The Bertz CT molecular complexity index is 1110. The van der Waals surface area contributed by atoms with Gasteiger partial charge in [-0.1, -0.05) is 0 Å². The van der Waals surface area contributed by atoms with Crippen LogP contribution in [0.15, 0.2) is 55.5 Å². The van der Waals surface area contributed by atoms with E-state index in [9.17, 15) is 4.79 Å². The summed E-state index contributed by atoms with van der Waals surface area (Å²) in [4.78, 5) is 27.0. The molecule has 29 heavy (non-hydrogen) atoms. The van der Waals surface area contributed by atoms with E-state index >= 15 is 0 Å². The number of piperidine rings is 1. The van der Waals surface area contributed by atoms with Crippen LogP contribution in [-0.2, 0) is 6.54 Å². The van der Waals surface area contributed by atoms with E-state index in [1.807, 2.05) is 17.3 Å². The van der Waals surface area contributed by atoms with Crippen molar-refractivity contribution in [3.63, 3.8) is 0 Å². The second kappa shape index (κ2) is 7.46. The minimum atomic E-state index is -0.00626. The van der Waals surface area contributed by atoms with E-state index in [0.29, 0.717) is 11.6 Å². The predicted molar refractivity (Wildman–Crippen MR) is 108 cm³/mol. The molecular weight excluding hydrogens is 366 g/mol. The molecule has 0 unspecified atom stereocenters. The number of pyridine rings is 1. The number of amides is 1. The van der Waals surface area contributed by atoms with Gasteiger partial charge in [-0.05, 0) is 37.0 Å². The number of aromatic nitrogens is 6. The number of likely N-dealkylation sites (tertiary alicyclic amines) is 1. The van der Waals surface area contributed by atoms with Gasteiger partial charge in [-0.15, -0.1) is 0 Å². The number of nitrogens with one attached hydrogen (secondary N) is 1. The Morgan fingerprint density at radius 2 is 2.07 bits per heavy atom. The van der Waals surface area contributed by atoms with Crippen LogP contribution in [-0.4, -0.2) is 53.6 Å². The van der Waals surface area contributed by atoms with Crippen molar-refractivity contribution < 1.29 is 4.79 Å². The van der Waals surface area contributed by atoms with Crippen LogP contribution in [0.4, 0.5) is 0 Å². The van der Waals surface area contributed by atoms with Crippen LogP contribution < -0.4 is 0 Å². The van der Waals surface area contributed by atoms with Crippen molar-refractivity contribution in [3.8, 4) is 11.3 Å². The van der Waals surface area contributed by atoms with Gasteiger partial charge in [-0.25, -0.2) is 9.97 Å². The quantitative estimate of drug-likeness (QED) is 0.581. The average molecular weight is 387 g/mol. The Morgan fingerprint density at radius 3 is 2.83 bits per heavy atom. The Morgan fingerprint density at radius 1 is 1.17 bits per heavy atom. The van der Waals surface area contributed by atoms with Crippen LogP contribution in [0, 0.1) is 5.92 Å². The van der Waals surface area contributed by atoms with Crippen molar-refractivity contribution in [1.29, 1.82) is 0 Å². The fourth-order valence-corrected chi connectivity index (χ4v) is 3.97. The first-order chi connectivity index (χ1) is 14.3. The number of hydrogen-bond acceptors (Lipinski definition) is 5. The van der Waals surface area contributed by atoms with Crippen molar-refractivity contribution in [2.45, 2.75) is 19.4 Å². The average Bonchev–Trinajstić information content (AvgIpc) is 3.45. The highest BCUT2D eigenvalue weighted by atomic mass is 16.2. The van der Waals surface area contributed by atoms with Gasteiger partial charge >= 0.3 is 0 Å². The van der Waals surface area contributed by atoms with Crippen LogP contribution in [0.2, 0.25) is 0 Å². The van der Waals surface area contributed by atoms with Crippen LogP contribution >= 0.6 is 0 Å². The third-order valence-electron chi connectivity index (χ3n) is 5.61. The fraction of sp³-hybridized carbons (Fsp3) is 0.286. The summed E-state index contributed by atoms with van der Waals surface area (Å²) in [5, 5.41) is 7.99. The maximum atomic E-state index is 12.5. The molecule has 4 aromatic rings. The molecule has 1 fully saturated rings. The third kappa shape index (κ3) is 3.49. The number of hydrogen-bond donors (Lipinski definition) is 1. The zero-order chi connectivity index (χ0) is 19.6. The van der Waals surface area contributed by atoms with E-state index in [2.05, 4.69) is 48.0 Å². The molecule has 4 aromatic heterocycles. The standard InChI is InChI=1S/C21H21N7O/c29-21(18-1-5-22-14-24-18)27-6-2-15(3-7-27)13-28-8-4-16-9-19(23-12-20(16)28)17-10-25-26-11-17/h1,4-5,8-12,14-15H,2-3,6-7,13H2,(H,25,26). The molecule has 1 aliphatic rings. The van der Waals surface area contributed by atoms with E-state index in [4.69, 9.17) is 0 Å². The highest BCUT2D eigenvalue weighted by Crippen LogP contribution is 2.25. The third-order valence-corrected chi connectivity index (χ3v) is 5.61. The monoisotopic (exact) mass is 387 g/mol. The van der Waals surface area contributed by atoms with E-state index in [-0.39, 0.29) is 5.91 Å². The number of H-pyrrole nitrogens is 1. The highest BCUT2D eigenvalue weighted by molar-refractivity contribution is 5.92. The molecule has 0 bridgehead atoms. The number of rotatable bonds is 4. The minimum absolute atomic E-state index is 0.00626. The van der Waals surface area contributed by atoms with Gasteiger partial charge in [-0.2, -0.15) is 5.10 Å². The van der Waals surface area contributed by atoms with Gasteiger partial charge in [0.2, 0.25) is 0 Å². The van der Waals surface area contributed by atoms with Gasteiger partial charge in [0.1, 0.15) is 12.0 Å². The first kappa shape index (κ1) is 17.5. The molecule has 146 valence electrons. The van der Waals surface area contributed by atoms with E-state index in [1.54, 1.807) is 18.5 Å².